The minimum absolute atomic E-state index is 0.112. The highest BCUT2D eigenvalue weighted by molar-refractivity contribution is 14.1. The smallest absolute Gasteiger partial charge is 0.336 e. The lowest BCUT2D eigenvalue weighted by molar-refractivity contribution is -0.116. The van der Waals surface area contributed by atoms with Gasteiger partial charge >= 0.3 is 5.97 Å². The van der Waals surface area contributed by atoms with Crippen molar-refractivity contribution in [3.05, 3.63) is 32.9 Å². The first kappa shape index (κ1) is 12.6. The molecule has 0 aliphatic heterocycles. The number of Topliss-reactive ketones (excluding diaryl/α,β-unsaturated/α-hetero) is 1. The van der Waals surface area contributed by atoms with Crippen LogP contribution in [0.15, 0.2) is 18.2 Å². The van der Waals surface area contributed by atoms with E-state index in [4.69, 9.17) is 5.11 Å². The molecule has 15 heavy (non-hydrogen) atoms. The van der Waals surface area contributed by atoms with Crippen LogP contribution in [0.2, 0.25) is 0 Å². The molecule has 0 bridgehead atoms. The number of hydrogen-bond donors (Lipinski definition) is 1. The predicted octanol–water partition coefficient (Wildman–Crippen LogP) is 3.01. The highest BCUT2D eigenvalue weighted by atomic mass is 127. The van der Waals surface area contributed by atoms with Gasteiger partial charge in [0.1, 0.15) is 5.78 Å². The fraction of sp³-hybridized carbons (Fsp3) is 0.200. The van der Waals surface area contributed by atoms with E-state index in [1.807, 2.05) is 0 Å². The average molecular weight is 383 g/mol. The van der Waals surface area contributed by atoms with Crippen LogP contribution in [0.25, 0.3) is 0 Å². The van der Waals surface area contributed by atoms with E-state index >= 15 is 0 Å². The summed E-state index contributed by atoms with van der Waals surface area (Å²) in [6.45, 7) is 1.42. The van der Waals surface area contributed by atoms with E-state index in [0.717, 1.165) is 3.57 Å². The van der Waals surface area contributed by atoms with Crippen molar-refractivity contribution in [2.75, 3.05) is 0 Å². The number of aromatic carboxylic acids is 1. The third kappa shape index (κ3) is 3.01. The maximum absolute atomic E-state index is 11.2. The number of halogens is 2. The van der Waals surface area contributed by atoms with Crippen molar-refractivity contribution in [3.8, 4) is 0 Å². The lowest BCUT2D eigenvalue weighted by atomic mass is 10.0. The molecule has 1 atom stereocenters. The number of carboxylic acid groups (broad SMARTS) is 1. The number of carboxylic acids is 1. The summed E-state index contributed by atoms with van der Waals surface area (Å²) in [5.41, 5.74) is 0.661. The predicted molar refractivity (Wildman–Crippen MR) is 68.5 cm³/mol. The van der Waals surface area contributed by atoms with Crippen LogP contribution in [0.1, 0.15) is 27.7 Å². The molecular weight excluding hydrogens is 375 g/mol. The van der Waals surface area contributed by atoms with Gasteiger partial charge in [0.25, 0.3) is 0 Å². The van der Waals surface area contributed by atoms with Crippen LogP contribution in [0.4, 0.5) is 0 Å². The lowest BCUT2D eigenvalue weighted by Gasteiger charge is -2.10. The standard InChI is InChI=1S/C10H8BrIO3/c1-5(13)9(11)8-4-6(12)2-3-7(8)10(14)15/h2-4,9H,1H3,(H,14,15). The van der Waals surface area contributed by atoms with E-state index in [9.17, 15) is 9.59 Å². The Hall–Kier alpha value is -0.430. The Morgan fingerprint density at radius 2 is 2.07 bits per heavy atom. The Morgan fingerprint density at radius 3 is 2.53 bits per heavy atom. The summed E-state index contributed by atoms with van der Waals surface area (Å²) in [4.78, 5) is 21.6. The van der Waals surface area contributed by atoms with E-state index in [1.54, 1.807) is 12.1 Å². The van der Waals surface area contributed by atoms with E-state index in [-0.39, 0.29) is 11.3 Å². The van der Waals surface area contributed by atoms with Gasteiger partial charge in [-0.1, -0.05) is 15.9 Å². The Balaban J connectivity index is 3.30. The number of carbonyl (C=O) groups is 2. The summed E-state index contributed by atoms with van der Waals surface area (Å²) in [6, 6.07) is 4.91. The topological polar surface area (TPSA) is 54.4 Å². The van der Waals surface area contributed by atoms with Crippen LogP contribution in [0.5, 0.6) is 0 Å². The summed E-state index contributed by atoms with van der Waals surface area (Å²) >= 11 is 5.26. The van der Waals surface area contributed by atoms with E-state index < -0.39 is 10.8 Å². The SMILES string of the molecule is CC(=O)C(Br)c1cc(I)ccc1C(=O)O. The van der Waals surface area contributed by atoms with Gasteiger partial charge in [0, 0.05) is 3.57 Å². The van der Waals surface area contributed by atoms with Gasteiger partial charge in [-0.25, -0.2) is 4.79 Å². The Bertz CT molecular complexity index is 417. The van der Waals surface area contributed by atoms with Crippen molar-refractivity contribution >= 4 is 50.3 Å². The van der Waals surface area contributed by atoms with Gasteiger partial charge in [0.05, 0.1) is 10.4 Å². The van der Waals surface area contributed by atoms with Crippen molar-refractivity contribution in [3.63, 3.8) is 0 Å². The summed E-state index contributed by atoms with van der Waals surface area (Å²) in [6.07, 6.45) is 0. The molecule has 0 fully saturated rings. The molecule has 0 amide bonds. The number of hydrogen-bond acceptors (Lipinski definition) is 2. The molecule has 0 saturated carbocycles. The zero-order valence-corrected chi connectivity index (χ0v) is 11.6. The van der Waals surface area contributed by atoms with Crippen LogP contribution in [0.3, 0.4) is 0 Å². The maximum Gasteiger partial charge on any atom is 0.336 e. The second kappa shape index (κ2) is 5.07. The molecule has 0 heterocycles. The lowest BCUT2D eigenvalue weighted by Crippen LogP contribution is -2.09. The molecule has 1 unspecified atom stereocenters. The number of benzene rings is 1. The van der Waals surface area contributed by atoms with Crippen LogP contribution >= 0.6 is 38.5 Å². The van der Waals surface area contributed by atoms with Crippen molar-refractivity contribution in [2.45, 2.75) is 11.8 Å². The van der Waals surface area contributed by atoms with Gasteiger partial charge in [-0.05, 0) is 53.3 Å². The number of carbonyl (C=O) groups excluding carboxylic acids is 1. The van der Waals surface area contributed by atoms with Crippen LogP contribution in [-0.2, 0) is 4.79 Å². The van der Waals surface area contributed by atoms with E-state index in [2.05, 4.69) is 38.5 Å². The fourth-order valence-corrected chi connectivity index (χ4v) is 2.05. The largest absolute Gasteiger partial charge is 0.478 e. The molecule has 1 rings (SSSR count). The molecule has 0 radical (unpaired) electrons. The van der Waals surface area contributed by atoms with Crippen LogP contribution < -0.4 is 0 Å². The number of rotatable bonds is 3. The van der Waals surface area contributed by atoms with Gasteiger partial charge < -0.3 is 5.11 Å². The number of alkyl halides is 1. The molecule has 0 aliphatic carbocycles. The summed E-state index contributed by atoms with van der Waals surface area (Å²) in [5.74, 6) is -1.13. The van der Waals surface area contributed by atoms with Gasteiger partial charge in [0.15, 0.2) is 0 Å². The molecule has 5 heteroatoms. The van der Waals surface area contributed by atoms with Crippen LogP contribution in [0, 0.1) is 3.57 Å². The minimum atomic E-state index is -1.02. The van der Waals surface area contributed by atoms with E-state index in [1.165, 1.54) is 13.0 Å². The quantitative estimate of drug-likeness (QED) is 0.645. The zero-order chi connectivity index (χ0) is 11.6. The molecular formula is C10H8BrIO3. The second-order valence-electron chi connectivity index (χ2n) is 3.01. The van der Waals surface area contributed by atoms with Gasteiger partial charge in [0.2, 0.25) is 0 Å². The molecule has 0 aliphatic rings. The molecule has 80 valence electrons. The van der Waals surface area contributed by atoms with Gasteiger partial charge in [-0.3, -0.25) is 4.79 Å². The first-order chi connectivity index (χ1) is 6.93. The molecule has 1 aromatic carbocycles. The molecule has 1 N–H and O–H groups in total. The highest BCUT2D eigenvalue weighted by Crippen LogP contribution is 2.28. The number of ketones is 1. The monoisotopic (exact) mass is 382 g/mol. The Morgan fingerprint density at radius 1 is 1.47 bits per heavy atom. The minimum Gasteiger partial charge on any atom is -0.478 e. The molecule has 0 aromatic heterocycles. The van der Waals surface area contributed by atoms with Gasteiger partial charge in [-0.15, -0.1) is 0 Å². The second-order valence-corrected chi connectivity index (χ2v) is 5.17. The first-order valence-electron chi connectivity index (χ1n) is 4.10. The van der Waals surface area contributed by atoms with Crippen molar-refractivity contribution in [1.82, 2.24) is 0 Å². The third-order valence-electron chi connectivity index (χ3n) is 1.87. The van der Waals surface area contributed by atoms with E-state index in [0.29, 0.717) is 5.56 Å². The molecule has 3 nitrogen and oxygen atoms in total. The average Bonchev–Trinajstić information content (AvgIpc) is 2.15. The van der Waals surface area contributed by atoms with Crippen molar-refractivity contribution < 1.29 is 14.7 Å². The van der Waals surface area contributed by atoms with Gasteiger partial charge in [-0.2, -0.15) is 0 Å². The summed E-state index contributed by atoms with van der Waals surface area (Å²) in [5, 5.41) is 8.95. The normalized spacial score (nSPS) is 12.2. The maximum atomic E-state index is 11.2. The Labute approximate surface area is 109 Å². The first-order valence-corrected chi connectivity index (χ1v) is 6.10. The molecule has 0 saturated heterocycles. The third-order valence-corrected chi connectivity index (χ3v) is 3.68. The highest BCUT2D eigenvalue weighted by Gasteiger charge is 2.20. The summed E-state index contributed by atoms with van der Waals surface area (Å²) < 4.78 is 0.901. The van der Waals surface area contributed by atoms with Crippen molar-refractivity contribution in [2.24, 2.45) is 0 Å². The fourth-order valence-electron chi connectivity index (χ4n) is 1.16. The molecule has 0 spiro atoms. The summed E-state index contributed by atoms with van der Waals surface area (Å²) in [7, 11) is 0. The molecule has 1 aromatic rings. The zero-order valence-electron chi connectivity index (χ0n) is 7.83. The van der Waals surface area contributed by atoms with Crippen LogP contribution in [-0.4, -0.2) is 16.9 Å². The Kier molecular flexibility index (Phi) is 4.27. The van der Waals surface area contributed by atoms with Crippen molar-refractivity contribution in [1.29, 1.82) is 0 Å².